The smallest absolute Gasteiger partial charge is 0.222 e. The van der Waals surface area contributed by atoms with Gasteiger partial charge in [-0.05, 0) is 38.0 Å². The zero-order chi connectivity index (χ0) is 19.4. The largest absolute Gasteiger partial charge is 0.488 e. The Kier molecular flexibility index (Phi) is 6.36. The highest BCUT2D eigenvalue weighted by atomic mass is 35.5. The van der Waals surface area contributed by atoms with Crippen molar-refractivity contribution in [1.82, 2.24) is 9.97 Å². The van der Waals surface area contributed by atoms with Crippen LogP contribution in [0.15, 0.2) is 24.3 Å². The average Bonchev–Trinajstić information content (AvgIpc) is 2.87. The lowest BCUT2D eigenvalue weighted by Crippen LogP contribution is -2.32. The minimum atomic E-state index is -0.295. The van der Waals surface area contributed by atoms with E-state index >= 15 is 0 Å². The van der Waals surface area contributed by atoms with Gasteiger partial charge in [-0.2, -0.15) is 4.98 Å². The molecule has 2 aromatic rings. The van der Waals surface area contributed by atoms with Crippen LogP contribution in [0.5, 0.6) is 5.75 Å². The quantitative estimate of drug-likeness (QED) is 0.807. The molecule has 27 heavy (non-hydrogen) atoms. The van der Waals surface area contributed by atoms with Crippen LogP contribution in [0, 0.1) is 6.92 Å². The van der Waals surface area contributed by atoms with Gasteiger partial charge >= 0.3 is 0 Å². The predicted octanol–water partition coefficient (Wildman–Crippen LogP) is 2.75. The van der Waals surface area contributed by atoms with Crippen LogP contribution >= 0.6 is 11.6 Å². The molecule has 3 N–H and O–H groups in total. The summed E-state index contributed by atoms with van der Waals surface area (Å²) in [5.74, 6) is 1.64. The summed E-state index contributed by atoms with van der Waals surface area (Å²) in [5.41, 5.74) is 7.60. The van der Waals surface area contributed by atoms with Crippen molar-refractivity contribution >= 4 is 23.4 Å². The number of nitrogens with zero attached hydrogens (tertiary/aromatic N) is 3. The molecule has 8 heteroatoms. The van der Waals surface area contributed by atoms with Gasteiger partial charge in [0.2, 0.25) is 5.95 Å². The molecule has 1 fully saturated rings. The molecule has 3 rings (SSSR count). The summed E-state index contributed by atoms with van der Waals surface area (Å²) in [4.78, 5) is 10.7. The minimum Gasteiger partial charge on any atom is -0.488 e. The fraction of sp³-hybridized carbons (Fsp3) is 0.474. The molecule has 1 saturated heterocycles. The Labute approximate surface area is 164 Å². The van der Waals surface area contributed by atoms with Crippen LogP contribution in [0.4, 0.5) is 11.8 Å². The molecule has 1 aliphatic heterocycles. The number of aliphatic hydroxyl groups is 1. The van der Waals surface area contributed by atoms with Crippen LogP contribution in [0.25, 0.3) is 0 Å². The second-order valence-electron chi connectivity index (χ2n) is 6.66. The number of anilines is 2. The molecule has 2 atom stereocenters. The Morgan fingerprint density at radius 2 is 2.22 bits per heavy atom. The Hall–Kier alpha value is -2.09. The maximum atomic E-state index is 9.16. The lowest BCUT2D eigenvalue weighted by Gasteiger charge is -2.31. The van der Waals surface area contributed by atoms with Crippen molar-refractivity contribution in [3.63, 3.8) is 0 Å². The van der Waals surface area contributed by atoms with Crippen LogP contribution in [0.1, 0.15) is 30.6 Å². The van der Waals surface area contributed by atoms with Crippen molar-refractivity contribution in [2.24, 2.45) is 0 Å². The number of ether oxygens (including phenoxy) is 2. The summed E-state index contributed by atoms with van der Waals surface area (Å²) in [6, 6.07) is 7.38. The number of aliphatic hydroxyl groups excluding tert-OH is 1. The molecular weight excluding hydrogens is 368 g/mol. The van der Waals surface area contributed by atoms with Crippen LogP contribution in [0.2, 0.25) is 5.02 Å². The first kappa shape index (κ1) is 19.7. The van der Waals surface area contributed by atoms with E-state index in [9.17, 15) is 0 Å². The summed E-state index contributed by atoms with van der Waals surface area (Å²) >= 11 is 6.58. The van der Waals surface area contributed by atoms with E-state index in [1.165, 1.54) is 0 Å². The molecular formula is C19H25ClN4O3. The molecule has 2 heterocycles. The third-order valence-electron chi connectivity index (χ3n) is 4.42. The number of aromatic nitrogens is 2. The minimum absolute atomic E-state index is 0.0574. The SMILES string of the molecule is Cc1cc(N2CCCOCC2c2ccc(O[C@H](C)CO)cc2Cl)nc(N)n1. The molecule has 0 amide bonds. The van der Waals surface area contributed by atoms with E-state index in [1.807, 2.05) is 25.1 Å². The number of hydrogen-bond donors (Lipinski definition) is 2. The van der Waals surface area contributed by atoms with Gasteiger partial charge in [0.05, 0.1) is 19.3 Å². The number of rotatable bonds is 5. The Morgan fingerprint density at radius 1 is 1.41 bits per heavy atom. The van der Waals surface area contributed by atoms with Gasteiger partial charge in [-0.15, -0.1) is 0 Å². The molecule has 1 aromatic carbocycles. The summed E-state index contributed by atoms with van der Waals surface area (Å²) in [6.45, 7) is 5.58. The van der Waals surface area contributed by atoms with Crippen molar-refractivity contribution < 1.29 is 14.6 Å². The highest BCUT2D eigenvalue weighted by Crippen LogP contribution is 2.35. The molecule has 0 spiro atoms. The summed E-state index contributed by atoms with van der Waals surface area (Å²) < 4.78 is 11.4. The second kappa shape index (κ2) is 8.73. The number of hydrogen-bond acceptors (Lipinski definition) is 7. The third kappa shape index (κ3) is 4.80. The zero-order valence-corrected chi connectivity index (χ0v) is 16.3. The van der Waals surface area contributed by atoms with E-state index in [0.29, 0.717) is 24.0 Å². The van der Waals surface area contributed by atoms with Gasteiger partial charge in [-0.3, -0.25) is 0 Å². The lowest BCUT2D eigenvalue weighted by atomic mass is 10.1. The summed E-state index contributed by atoms with van der Waals surface area (Å²) in [6.07, 6.45) is 0.586. The highest BCUT2D eigenvalue weighted by Gasteiger charge is 2.27. The van der Waals surface area contributed by atoms with Crippen LogP contribution in [-0.2, 0) is 4.74 Å². The van der Waals surface area contributed by atoms with Gasteiger partial charge < -0.3 is 25.2 Å². The topological polar surface area (TPSA) is 93.7 Å². The second-order valence-corrected chi connectivity index (χ2v) is 7.06. The van der Waals surface area contributed by atoms with Crippen molar-refractivity contribution in [3.05, 3.63) is 40.5 Å². The van der Waals surface area contributed by atoms with Gasteiger partial charge in [-0.25, -0.2) is 4.98 Å². The summed E-state index contributed by atoms with van der Waals surface area (Å²) in [5, 5.41) is 9.74. The summed E-state index contributed by atoms with van der Waals surface area (Å²) in [7, 11) is 0. The normalized spacial score (nSPS) is 18.8. The van der Waals surface area contributed by atoms with E-state index in [0.717, 1.165) is 30.0 Å². The maximum Gasteiger partial charge on any atom is 0.222 e. The lowest BCUT2D eigenvalue weighted by molar-refractivity contribution is 0.129. The molecule has 0 bridgehead atoms. The average molecular weight is 393 g/mol. The fourth-order valence-electron chi connectivity index (χ4n) is 3.15. The van der Waals surface area contributed by atoms with Crippen LogP contribution in [0.3, 0.4) is 0 Å². The van der Waals surface area contributed by atoms with Crippen molar-refractivity contribution in [1.29, 1.82) is 0 Å². The maximum absolute atomic E-state index is 9.16. The number of halogens is 1. The van der Waals surface area contributed by atoms with Crippen molar-refractivity contribution in [2.45, 2.75) is 32.4 Å². The van der Waals surface area contributed by atoms with E-state index < -0.39 is 0 Å². The van der Waals surface area contributed by atoms with Gasteiger partial charge in [0.25, 0.3) is 0 Å². The van der Waals surface area contributed by atoms with E-state index in [4.69, 9.17) is 31.9 Å². The Bertz CT molecular complexity index is 769. The number of nitrogens with two attached hydrogens (primary N) is 1. The first-order valence-corrected chi connectivity index (χ1v) is 9.38. The van der Waals surface area contributed by atoms with Gasteiger partial charge in [0.15, 0.2) is 0 Å². The van der Waals surface area contributed by atoms with E-state index in [2.05, 4.69) is 14.9 Å². The molecule has 0 radical (unpaired) electrons. The molecule has 1 aliphatic rings. The number of aryl methyl sites for hydroxylation is 1. The Morgan fingerprint density at radius 3 is 2.93 bits per heavy atom. The van der Waals surface area contributed by atoms with Crippen LogP contribution < -0.4 is 15.4 Å². The monoisotopic (exact) mass is 392 g/mol. The van der Waals surface area contributed by atoms with Gasteiger partial charge in [0, 0.05) is 29.9 Å². The highest BCUT2D eigenvalue weighted by molar-refractivity contribution is 6.31. The van der Waals surface area contributed by atoms with Crippen LogP contribution in [-0.4, -0.2) is 47.5 Å². The molecule has 1 aromatic heterocycles. The predicted molar refractivity (Wildman–Crippen MR) is 105 cm³/mol. The third-order valence-corrected chi connectivity index (χ3v) is 4.74. The van der Waals surface area contributed by atoms with E-state index in [1.54, 1.807) is 13.0 Å². The molecule has 1 unspecified atom stereocenters. The first-order chi connectivity index (χ1) is 13.0. The van der Waals surface area contributed by atoms with Crippen molar-refractivity contribution in [2.75, 3.05) is 37.0 Å². The number of nitrogen functional groups attached to an aromatic ring is 1. The molecule has 7 nitrogen and oxygen atoms in total. The standard InChI is InChI=1S/C19H25ClN4O3/c1-12-8-18(23-19(21)22-12)24-6-3-7-26-11-17(24)15-5-4-14(9-16(15)20)27-13(2)10-25/h4-5,8-9,13,17,25H,3,6-7,10-11H2,1-2H3,(H2,21,22,23)/t13-,17?/m1/s1. The fourth-order valence-corrected chi connectivity index (χ4v) is 3.45. The molecule has 0 aliphatic carbocycles. The van der Waals surface area contributed by atoms with E-state index in [-0.39, 0.29) is 24.7 Å². The zero-order valence-electron chi connectivity index (χ0n) is 15.6. The molecule has 0 saturated carbocycles. The Balaban J connectivity index is 1.93. The number of benzene rings is 1. The van der Waals surface area contributed by atoms with Crippen molar-refractivity contribution in [3.8, 4) is 5.75 Å². The first-order valence-electron chi connectivity index (χ1n) is 9.00. The van der Waals surface area contributed by atoms with Gasteiger partial charge in [-0.1, -0.05) is 17.7 Å². The molecule has 146 valence electrons. The van der Waals surface area contributed by atoms with Gasteiger partial charge in [0.1, 0.15) is 17.7 Å².